The minimum absolute atomic E-state index is 0.574. The first-order valence-corrected chi connectivity index (χ1v) is 6.15. The Morgan fingerprint density at radius 2 is 2.27 bits per heavy atom. The molecule has 3 atom stereocenters. The molecule has 0 aromatic heterocycles. The van der Waals surface area contributed by atoms with Crippen LogP contribution < -0.4 is 5.32 Å². The van der Waals surface area contributed by atoms with Crippen molar-refractivity contribution < 1.29 is 0 Å². The number of hydrogen-bond acceptors (Lipinski definition) is 2. The van der Waals surface area contributed by atoms with Gasteiger partial charge in [0, 0.05) is 37.6 Å². The van der Waals surface area contributed by atoms with E-state index in [2.05, 4.69) is 36.9 Å². The van der Waals surface area contributed by atoms with Gasteiger partial charge in [-0.05, 0) is 19.8 Å². The summed E-state index contributed by atoms with van der Waals surface area (Å²) in [6.07, 6.45) is 8.70. The zero-order valence-electron chi connectivity index (χ0n) is 10.3. The predicted molar refractivity (Wildman–Crippen MR) is 65.8 cm³/mol. The van der Waals surface area contributed by atoms with Crippen molar-refractivity contribution in [2.24, 2.45) is 0 Å². The third kappa shape index (κ3) is 3.22. The molecule has 0 aliphatic carbocycles. The maximum Gasteiger partial charge on any atom is 0.0242 e. The molecule has 0 aromatic rings. The molecule has 86 valence electrons. The predicted octanol–water partition coefficient (Wildman–Crippen LogP) is 1.86. The fourth-order valence-electron chi connectivity index (χ4n) is 2.44. The Bertz CT molecular complexity index is 219. The van der Waals surface area contributed by atoms with Crippen LogP contribution in [0.4, 0.5) is 0 Å². The van der Waals surface area contributed by atoms with Gasteiger partial charge in [-0.25, -0.2) is 0 Å². The van der Waals surface area contributed by atoms with Crippen molar-refractivity contribution in [3.8, 4) is 12.3 Å². The Hall–Kier alpha value is -0.520. The molecule has 1 rings (SSSR count). The molecule has 1 saturated heterocycles. The van der Waals surface area contributed by atoms with E-state index >= 15 is 0 Å². The number of nitrogens with one attached hydrogen (secondary N) is 1. The summed E-state index contributed by atoms with van der Waals surface area (Å²) in [7, 11) is 0. The first kappa shape index (κ1) is 12.5. The molecule has 0 saturated carbocycles. The van der Waals surface area contributed by atoms with Gasteiger partial charge < -0.3 is 5.32 Å². The minimum Gasteiger partial charge on any atom is -0.311 e. The standard InChI is InChI=1S/C13H24N2/c1-5-8-12(6-2)15-10-11(4)14-9-13(15)7-3/h1,11-14H,6-10H2,2-4H3. The third-order valence-corrected chi connectivity index (χ3v) is 3.42. The summed E-state index contributed by atoms with van der Waals surface area (Å²) in [5, 5.41) is 3.54. The molecule has 1 fully saturated rings. The van der Waals surface area contributed by atoms with Gasteiger partial charge >= 0.3 is 0 Å². The number of nitrogens with zero attached hydrogens (tertiary/aromatic N) is 1. The molecule has 2 heteroatoms. The molecule has 1 heterocycles. The summed E-state index contributed by atoms with van der Waals surface area (Å²) in [6, 6.07) is 1.84. The number of rotatable bonds is 4. The first-order valence-electron chi connectivity index (χ1n) is 6.15. The molecule has 3 unspecified atom stereocenters. The summed E-state index contributed by atoms with van der Waals surface area (Å²) in [5.41, 5.74) is 0. The van der Waals surface area contributed by atoms with E-state index in [-0.39, 0.29) is 0 Å². The molecule has 0 bridgehead atoms. The summed E-state index contributed by atoms with van der Waals surface area (Å²) >= 11 is 0. The Morgan fingerprint density at radius 1 is 1.53 bits per heavy atom. The highest BCUT2D eigenvalue weighted by molar-refractivity contribution is 4.94. The van der Waals surface area contributed by atoms with Crippen molar-refractivity contribution in [3.63, 3.8) is 0 Å². The van der Waals surface area contributed by atoms with E-state index in [4.69, 9.17) is 6.42 Å². The van der Waals surface area contributed by atoms with Gasteiger partial charge in [0.2, 0.25) is 0 Å². The number of piperazine rings is 1. The van der Waals surface area contributed by atoms with Crippen LogP contribution in [0.3, 0.4) is 0 Å². The normalized spacial score (nSPS) is 29.7. The molecule has 2 nitrogen and oxygen atoms in total. The van der Waals surface area contributed by atoms with E-state index < -0.39 is 0 Å². The lowest BCUT2D eigenvalue weighted by Gasteiger charge is -2.43. The largest absolute Gasteiger partial charge is 0.311 e. The third-order valence-electron chi connectivity index (χ3n) is 3.42. The van der Waals surface area contributed by atoms with Gasteiger partial charge in [-0.1, -0.05) is 13.8 Å². The SMILES string of the molecule is C#CCC(CC)N1CC(C)NCC1CC. The first-order chi connectivity index (χ1) is 7.22. The average Bonchev–Trinajstić information content (AvgIpc) is 2.26. The van der Waals surface area contributed by atoms with Gasteiger partial charge in [-0.15, -0.1) is 12.3 Å². The van der Waals surface area contributed by atoms with Crippen LogP contribution in [0.15, 0.2) is 0 Å². The molecular weight excluding hydrogens is 184 g/mol. The fraction of sp³-hybridized carbons (Fsp3) is 0.846. The summed E-state index contributed by atoms with van der Waals surface area (Å²) in [5.74, 6) is 2.81. The average molecular weight is 208 g/mol. The second-order valence-electron chi connectivity index (χ2n) is 4.54. The van der Waals surface area contributed by atoms with E-state index in [0.29, 0.717) is 18.1 Å². The Balaban J connectivity index is 2.64. The van der Waals surface area contributed by atoms with Crippen LogP contribution in [0.1, 0.15) is 40.0 Å². The summed E-state index contributed by atoms with van der Waals surface area (Å²) in [6.45, 7) is 9.00. The lowest BCUT2D eigenvalue weighted by molar-refractivity contribution is 0.0823. The maximum absolute atomic E-state index is 5.44. The van der Waals surface area contributed by atoms with Crippen molar-refractivity contribution in [2.75, 3.05) is 13.1 Å². The van der Waals surface area contributed by atoms with Gasteiger partial charge in [-0.3, -0.25) is 4.90 Å². The fourth-order valence-corrected chi connectivity index (χ4v) is 2.44. The van der Waals surface area contributed by atoms with Gasteiger partial charge in [-0.2, -0.15) is 0 Å². The molecule has 0 radical (unpaired) electrons. The monoisotopic (exact) mass is 208 g/mol. The van der Waals surface area contributed by atoms with Crippen LogP contribution in [0, 0.1) is 12.3 Å². The molecule has 0 spiro atoms. The lowest BCUT2D eigenvalue weighted by Crippen LogP contribution is -2.58. The van der Waals surface area contributed by atoms with Gasteiger partial charge in [0.25, 0.3) is 0 Å². The zero-order valence-corrected chi connectivity index (χ0v) is 10.3. The molecule has 15 heavy (non-hydrogen) atoms. The molecule has 1 aliphatic rings. The molecular formula is C13H24N2. The highest BCUT2D eigenvalue weighted by atomic mass is 15.2. The second kappa shape index (κ2) is 6.15. The van der Waals surface area contributed by atoms with Gasteiger partial charge in [0.1, 0.15) is 0 Å². The van der Waals surface area contributed by atoms with Crippen molar-refractivity contribution in [3.05, 3.63) is 0 Å². The topological polar surface area (TPSA) is 15.3 Å². The number of hydrogen-bond donors (Lipinski definition) is 1. The molecule has 0 amide bonds. The second-order valence-corrected chi connectivity index (χ2v) is 4.54. The van der Waals surface area contributed by atoms with Crippen molar-refractivity contribution in [1.29, 1.82) is 0 Å². The molecule has 0 aromatic carbocycles. The smallest absolute Gasteiger partial charge is 0.0242 e. The van der Waals surface area contributed by atoms with Crippen LogP contribution in [0.25, 0.3) is 0 Å². The minimum atomic E-state index is 0.574. The van der Waals surface area contributed by atoms with Crippen molar-refractivity contribution in [1.82, 2.24) is 10.2 Å². The zero-order chi connectivity index (χ0) is 11.3. The van der Waals surface area contributed by atoms with Gasteiger partial charge in [0.05, 0.1) is 0 Å². The van der Waals surface area contributed by atoms with E-state index in [1.54, 1.807) is 0 Å². The summed E-state index contributed by atoms with van der Waals surface area (Å²) in [4.78, 5) is 2.61. The molecule has 1 N–H and O–H groups in total. The number of terminal acetylenes is 1. The van der Waals surface area contributed by atoms with E-state index in [9.17, 15) is 0 Å². The Morgan fingerprint density at radius 3 is 2.80 bits per heavy atom. The highest BCUT2D eigenvalue weighted by Gasteiger charge is 2.28. The maximum atomic E-state index is 5.44. The van der Waals surface area contributed by atoms with E-state index in [0.717, 1.165) is 25.9 Å². The molecule has 1 aliphatic heterocycles. The Kier molecular flexibility index (Phi) is 5.14. The van der Waals surface area contributed by atoms with Crippen LogP contribution in [-0.4, -0.2) is 36.1 Å². The van der Waals surface area contributed by atoms with E-state index in [1.807, 2.05) is 0 Å². The highest BCUT2D eigenvalue weighted by Crippen LogP contribution is 2.18. The van der Waals surface area contributed by atoms with Crippen LogP contribution in [-0.2, 0) is 0 Å². The summed E-state index contributed by atoms with van der Waals surface area (Å²) < 4.78 is 0. The lowest BCUT2D eigenvalue weighted by atomic mass is 10.0. The van der Waals surface area contributed by atoms with Crippen LogP contribution in [0.2, 0.25) is 0 Å². The van der Waals surface area contributed by atoms with Crippen molar-refractivity contribution >= 4 is 0 Å². The quantitative estimate of drug-likeness (QED) is 0.709. The van der Waals surface area contributed by atoms with Crippen LogP contribution >= 0.6 is 0 Å². The van der Waals surface area contributed by atoms with Gasteiger partial charge in [0.15, 0.2) is 0 Å². The Labute approximate surface area is 94.4 Å². The van der Waals surface area contributed by atoms with E-state index in [1.165, 1.54) is 6.42 Å². The van der Waals surface area contributed by atoms with Crippen molar-refractivity contribution in [2.45, 2.75) is 58.2 Å². The van der Waals surface area contributed by atoms with Crippen LogP contribution in [0.5, 0.6) is 0 Å².